The van der Waals surface area contributed by atoms with Gasteiger partial charge in [-0.3, -0.25) is 0 Å². The second-order valence-electron chi connectivity index (χ2n) is 6.02. The highest BCUT2D eigenvalue weighted by Gasteiger charge is 2.09. The van der Waals surface area contributed by atoms with Gasteiger partial charge in [0.1, 0.15) is 5.82 Å². The minimum Gasteiger partial charge on any atom is -0.357 e. The van der Waals surface area contributed by atoms with Crippen LogP contribution in [0.15, 0.2) is 58.0 Å². The topological polar surface area (TPSA) is 75.3 Å². The molecule has 0 unspecified atom stereocenters. The van der Waals surface area contributed by atoms with E-state index in [1.165, 1.54) is 12.1 Å². The van der Waals surface area contributed by atoms with Crippen molar-refractivity contribution in [2.75, 3.05) is 13.1 Å². The van der Waals surface area contributed by atoms with Gasteiger partial charge < -0.3 is 15.2 Å². The van der Waals surface area contributed by atoms with E-state index in [2.05, 4.69) is 25.8 Å². The monoisotopic (exact) mass is 401 g/mol. The van der Waals surface area contributed by atoms with Crippen LogP contribution in [0.2, 0.25) is 5.02 Å². The molecule has 0 aliphatic heterocycles. The van der Waals surface area contributed by atoms with E-state index in [9.17, 15) is 4.39 Å². The summed E-state index contributed by atoms with van der Waals surface area (Å²) in [5.41, 5.74) is 1.74. The average Bonchev–Trinajstić information content (AvgIpc) is 3.16. The third-order valence-electron chi connectivity index (χ3n) is 3.86. The van der Waals surface area contributed by atoms with Crippen LogP contribution in [0, 0.1) is 5.82 Å². The van der Waals surface area contributed by atoms with Gasteiger partial charge >= 0.3 is 0 Å². The van der Waals surface area contributed by atoms with E-state index in [4.69, 9.17) is 16.1 Å². The summed E-state index contributed by atoms with van der Waals surface area (Å²) >= 11 is 6.00. The number of aliphatic imine (C=N–C) groups is 1. The van der Waals surface area contributed by atoms with E-state index in [1.54, 1.807) is 24.3 Å². The van der Waals surface area contributed by atoms with E-state index < -0.39 is 0 Å². The summed E-state index contributed by atoms with van der Waals surface area (Å²) in [5.74, 6) is 1.45. The van der Waals surface area contributed by atoms with Crippen LogP contribution < -0.4 is 10.6 Å². The lowest BCUT2D eigenvalue weighted by Gasteiger charge is -2.10. The Kier molecular flexibility index (Phi) is 6.97. The second kappa shape index (κ2) is 9.85. The maximum absolute atomic E-state index is 13.0. The molecule has 0 amide bonds. The number of hydrogen-bond donors (Lipinski definition) is 2. The first kappa shape index (κ1) is 19.8. The largest absolute Gasteiger partial charge is 0.357 e. The molecule has 28 heavy (non-hydrogen) atoms. The van der Waals surface area contributed by atoms with Crippen molar-refractivity contribution in [2.45, 2.75) is 19.9 Å². The lowest BCUT2D eigenvalue weighted by molar-refractivity contribution is 0.378. The standard InChI is InChI=1S/C20H21ClFN5O/c1-2-23-20(25-13-14-6-8-17(22)9-7-14)24-11-10-18-26-19(27-28-18)15-4-3-5-16(21)12-15/h3-9,12H,2,10-11,13H2,1H3,(H2,23,24,25). The van der Waals surface area contributed by atoms with Gasteiger partial charge in [-0.05, 0) is 36.8 Å². The van der Waals surface area contributed by atoms with Gasteiger partial charge in [0.2, 0.25) is 11.7 Å². The van der Waals surface area contributed by atoms with E-state index in [0.29, 0.717) is 42.2 Å². The van der Waals surface area contributed by atoms with Crippen molar-refractivity contribution in [3.8, 4) is 11.4 Å². The van der Waals surface area contributed by atoms with Crippen molar-refractivity contribution in [1.82, 2.24) is 20.8 Å². The van der Waals surface area contributed by atoms with Crippen LogP contribution in [0.4, 0.5) is 4.39 Å². The third kappa shape index (κ3) is 5.79. The highest BCUT2D eigenvalue weighted by molar-refractivity contribution is 6.30. The summed E-state index contributed by atoms with van der Waals surface area (Å²) in [6.45, 7) is 3.75. The normalized spacial score (nSPS) is 11.5. The molecule has 0 atom stereocenters. The molecule has 0 radical (unpaired) electrons. The Bertz CT molecular complexity index is 926. The Hall–Kier alpha value is -2.93. The number of guanidine groups is 1. The predicted octanol–water partition coefficient (Wildman–Crippen LogP) is 3.83. The number of aromatic nitrogens is 2. The molecule has 2 N–H and O–H groups in total. The fourth-order valence-electron chi connectivity index (χ4n) is 2.49. The summed E-state index contributed by atoms with van der Waals surface area (Å²) in [4.78, 5) is 8.89. The number of nitrogens with one attached hydrogen (secondary N) is 2. The minimum absolute atomic E-state index is 0.255. The number of rotatable bonds is 7. The highest BCUT2D eigenvalue weighted by Crippen LogP contribution is 2.19. The third-order valence-corrected chi connectivity index (χ3v) is 4.09. The molecule has 0 bridgehead atoms. The Morgan fingerprint density at radius 1 is 1.18 bits per heavy atom. The van der Waals surface area contributed by atoms with Gasteiger partial charge in [-0.25, -0.2) is 9.38 Å². The van der Waals surface area contributed by atoms with Crippen molar-refractivity contribution >= 4 is 17.6 Å². The van der Waals surface area contributed by atoms with Crippen molar-refractivity contribution < 1.29 is 8.91 Å². The molecule has 0 fully saturated rings. The summed E-state index contributed by atoms with van der Waals surface area (Å²) in [6.07, 6.45) is 0.550. The maximum Gasteiger partial charge on any atom is 0.228 e. The van der Waals surface area contributed by atoms with E-state index >= 15 is 0 Å². The van der Waals surface area contributed by atoms with Crippen LogP contribution in [-0.2, 0) is 13.0 Å². The Balaban J connectivity index is 1.54. The smallest absolute Gasteiger partial charge is 0.228 e. The number of halogens is 2. The van der Waals surface area contributed by atoms with Crippen LogP contribution in [0.1, 0.15) is 18.4 Å². The van der Waals surface area contributed by atoms with Gasteiger partial charge in [0, 0.05) is 30.1 Å². The fraction of sp³-hybridized carbons (Fsp3) is 0.250. The molecule has 0 saturated carbocycles. The number of nitrogens with zero attached hydrogens (tertiary/aromatic N) is 3. The number of benzene rings is 2. The van der Waals surface area contributed by atoms with Gasteiger partial charge in [0.05, 0.1) is 6.54 Å². The Labute approximate surface area is 167 Å². The van der Waals surface area contributed by atoms with Crippen molar-refractivity contribution in [3.05, 3.63) is 70.8 Å². The van der Waals surface area contributed by atoms with E-state index in [-0.39, 0.29) is 5.82 Å². The van der Waals surface area contributed by atoms with Gasteiger partial charge in [0.25, 0.3) is 0 Å². The average molecular weight is 402 g/mol. The van der Waals surface area contributed by atoms with Crippen LogP contribution in [0.3, 0.4) is 0 Å². The Morgan fingerprint density at radius 3 is 2.75 bits per heavy atom. The zero-order valence-electron chi connectivity index (χ0n) is 15.5. The van der Waals surface area contributed by atoms with Crippen molar-refractivity contribution in [3.63, 3.8) is 0 Å². The van der Waals surface area contributed by atoms with Crippen molar-refractivity contribution in [2.24, 2.45) is 4.99 Å². The van der Waals surface area contributed by atoms with Gasteiger partial charge in [-0.1, -0.05) is 41.0 Å². The van der Waals surface area contributed by atoms with E-state index in [0.717, 1.165) is 17.7 Å². The summed E-state index contributed by atoms with van der Waals surface area (Å²) in [6, 6.07) is 13.6. The second-order valence-corrected chi connectivity index (χ2v) is 6.46. The Morgan fingerprint density at radius 2 is 2.00 bits per heavy atom. The zero-order chi connectivity index (χ0) is 19.8. The lowest BCUT2D eigenvalue weighted by atomic mass is 10.2. The first-order valence-electron chi connectivity index (χ1n) is 8.99. The van der Waals surface area contributed by atoms with Crippen molar-refractivity contribution in [1.29, 1.82) is 0 Å². The molecule has 2 aromatic carbocycles. The zero-order valence-corrected chi connectivity index (χ0v) is 16.2. The highest BCUT2D eigenvalue weighted by atomic mass is 35.5. The lowest BCUT2D eigenvalue weighted by Crippen LogP contribution is -2.38. The molecular formula is C20H21ClFN5O. The molecule has 3 aromatic rings. The minimum atomic E-state index is -0.255. The molecule has 0 aliphatic carbocycles. The molecule has 0 aliphatic rings. The summed E-state index contributed by atoms with van der Waals surface area (Å²) in [5, 5.41) is 11.0. The van der Waals surface area contributed by atoms with Crippen LogP contribution in [0.25, 0.3) is 11.4 Å². The number of hydrogen-bond acceptors (Lipinski definition) is 4. The van der Waals surface area contributed by atoms with Gasteiger partial charge in [-0.15, -0.1) is 0 Å². The summed E-state index contributed by atoms with van der Waals surface area (Å²) in [7, 11) is 0. The molecule has 8 heteroatoms. The first-order valence-corrected chi connectivity index (χ1v) is 9.37. The predicted molar refractivity (Wildman–Crippen MR) is 108 cm³/mol. The molecular weight excluding hydrogens is 381 g/mol. The van der Waals surface area contributed by atoms with E-state index in [1.807, 2.05) is 19.1 Å². The maximum atomic E-state index is 13.0. The molecule has 3 rings (SSSR count). The quantitative estimate of drug-likeness (QED) is 0.465. The van der Waals surface area contributed by atoms with Crippen LogP contribution in [-0.4, -0.2) is 29.2 Å². The SMILES string of the molecule is CCNC(=NCc1ccc(F)cc1)NCCc1nc(-c2cccc(Cl)c2)no1. The molecule has 1 heterocycles. The van der Waals surface area contributed by atoms with Crippen LogP contribution >= 0.6 is 11.6 Å². The van der Waals surface area contributed by atoms with Gasteiger partial charge in [0.15, 0.2) is 5.96 Å². The van der Waals surface area contributed by atoms with Gasteiger partial charge in [-0.2, -0.15) is 4.98 Å². The first-order chi connectivity index (χ1) is 13.6. The van der Waals surface area contributed by atoms with Crippen LogP contribution in [0.5, 0.6) is 0 Å². The molecule has 1 aromatic heterocycles. The molecule has 146 valence electrons. The fourth-order valence-corrected chi connectivity index (χ4v) is 2.68. The summed E-state index contributed by atoms with van der Waals surface area (Å²) < 4.78 is 18.3. The molecule has 0 saturated heterocycles. The molecule has 6 nitrogen and oxygen atoms in total. The molecule has 0 spiro atoms.